The van der Waals surface area contributed by atoms with Gasteiger partial charge in [0.1, 0.15) is 5.75 Å². The summed E-state index contributed by atoms with van der Waals surface area (Å²) in [5.41, 5.74) is 3.18. The zero-order chi connectivity index (χ0) is 17.8. The van der Waals surface area contributed by atoms with Gasteiger partial charge in [-0.2, -0.15) is 0 Å². The Morgan fingerprint density at radius 2 is 1.88 bits per heavy atom. The Kier molecular flexibility index (Phi) is 5.14. The van der Waals surface area contributed by atoms with Gasteiger partial charge in [0, 0.05) is 16.1 Å². The van der Waals surface area contributed by atoms with Gasteiger partial charge in [-0.25, -0.2) is 9.79 Å². The highest BCUT2D eigenvalue weighted by molar-refractivity contribution is 9.10. The van der Waals surface area contributed by atoms with Crippen LogP contribution in [0.25, 0.3) is 12.2 Å². The molecule has 1 aliphatic rings. The molecule has 0 saturated carbocycles. The van der Waals surface area contributed by atoms with E-state index in [1.165, 1.54) is 5.56 Å². The number of hydrogen-bond acceptors (Lipinski definition) is 4. The first-order valence-electron chi connectivity index (χ1n) is 7.66. The lowest BCUT2D eigenvalue weighted by Crippen LogP contribution is -2.01. The molecule has 0 aliphatic carbocycles. The maximum atomic E-state index is 12.0. The molecule has 0 atom stereocenters. The molecule has 2 aromatic carbocycles. The van der Waals surface area contributed by atoms with Crippen LogP contribution >= 0.6 is 15.9 Å². The normalized spacial score (nSPS) is 15.6. The zero-order valence-electron chi connectivity index (χ0n) is 13.8. The fraction of sp³-hybridized carbons (Fsp3) is 0.100. The Morgan fingerprint density at radius 1 is 1.12 bits per heavy atom. The Hall–Kier alpha value is -2.66. The van der Waals surface area contributed by atoms with Gasteiger partial charge in [0.15, 0.2) is 5.70 Å². The third-order valence-corrected chi connectivity index (χ3v) is 4.11. The molecule has 0 radical (unpaired) electrons. The summed E-state index contributed by atoms with van der Waals surface area (Å²) >= 11 is 3.41. The molecule has 0 spiro atoms. The van der Waals surface area contributed by atoms with Crippen LogP contribution in [0.5, 0.6) is 5.75 Å². The first-order valence-corrected chi connectivity index (χ1v) is 8.45. The lowest BCUT2D eigenvalue weighted by atomic mass is 10.1. The van der Waals surface area contributed by atoms with E-state index in [2.05, 4.69) is 20.9 Å². The number of cyclic esters (lactones) is 1. The summed E-state index contributed by atoms with van der Waals surface area (Å²) in [5, 5.41) is 0. The summed E-state index contributed by atoms with van der Waals surface area (Å²) in [7, 11) is 1.58. The van der Waals surface area contributed by atoms with Crippen LogP contribution in [-0.2, 0) is 9.53 Å². The van der Waals surface area contributed by atoms with Gasteiger partial charge in [-0.05, 0) is 42.8 Å². The number of ether oxygens (including phenoxy) is 2. The molecule has 1 heterocycles. The number of benzene rings is 2. The fourth-order valence-corrected chi connectivity index (χ4v) is 2.69. The molecule has 2 aromatic rings. The van der Waals surface area contributed by atoms with Crippen LogP contribution in [0, 0.1) is 6.92 Å². The largest absolute Gasteiger partial charge is 0.496 e. The van der Waals surface area contributed by atoms with E-state index >= 15 is 0 Å². The highest BCUT2D eigenvalue weighted by Gasteiger charge is 2.21. The smallest absolute Gasteiger partial charge is 0.363 e. The Labute approximate surface area is 154 Å². The third-order valence-electron chi connectivity index (χ3n) is 3.62. The molecule has 0 saturated heterocycles. The van der Waals surface area contributed by atoms with Gasteiger partial charge >= 0.3 is 5.97 Å². The van der Waals surface area contributed by atoms with Crippen molar-refractivity contribution in [1.29, 1.82) is 0 Å². The Bertz CT molecular complexity index is 896. The molecule has 0 aromatic heterocycles. The Balaban J connectivity index is 1.85. The maximum absolute atomic E-state index is 12.0. The van der Waals surface area contributed by atoms with Gasteiger partial charge in [0.25, 0.3) is 0 Å². The van der Waals surface area contributed by atoms with Gasteiger partial charge in [0.05, 0.1) is 7.11 Å². The summed E-state index contributed by atoms with van der Waals surface area (Å²) in [6.07, 6.45) is 5.19. The summed E-state index contributed by atoms with van der Waals surface area (Å²) in [6.45, 7) is 2.03. The van der Waals surface area contributed by atoms with E-state index < -0.39 is 5.97 Å². The van der Waals surface area contributed by atoms with Gasteiger partial charge in [-0.3, -0.25) is 0 Å². The van der Waals surface area contributed by atoms with E-state index in [0.717, 1.165) is 15.6 Å². The van der Waals surface area contributed by atoms with Crippen LogP contribution in [0.4, 0.5) is 0 Å². The van der Waals surface area contributed by atoms with Crippen LogP contribution < -0.4 is 4.74 Å². The molecule has 126 valence electrons. The number of aliphatic imine (C=N–C) groups is 1. The standard InChI is InChI=1S/C20H16BrNO3/c1-13-3-5-14(6-4-13)7-10-19-22-17(20(23)25-19)12-15-11-16(21)8-9-18(15)24-2/h3-12H,1-2H3/b10-7+,17-12+. The summed E-state index contributed by atoms with van der Waals surface area (Å²) in [6, 6.07) is 13.6. The van der Waals surface area contributed by atoms with Crippen molar-refractivity contribution in [2.45, 2.75) is 6.92 Å². The number of halogens is 1. The highest BCUT2D eigenvalue weighted by atomic mass is 79.9. The van der Waals surface area contributed by atoms with Crippen LogP contribution in [0.1, 0.15) is 16.7 Å². The first kappa shape index (κ1) is 17.2. The van der Waals surface area contributed by atoms with E-state index in [1.54, 1.807) is 19.3 Å². The molecule has 0 fully saturated rings. The van der Waals surface area contributed by atoms with Crippen molar-refractivity contribution in [3.05, 3.63) is 75.4 Å². The van der Waals surface area contributed by atoms with Crippen molar-refractivity contribution >= 4 is 39.9 Å². The lowest BCUT2D eigenvalue weighted by molar-refractivity contribution is -0.129. The van der Waals surface area contributed by atoms with Crippen molar-refractivity contribution in [2.75, 3.05) is 7.11 Å². The summed E-state index contributed by atoms with van der Waals surface area (Å²) in [4.78, 5) is 16.3. The minimum atomic E-state index is -0.481. The van der Waals surface area contributed by atoms with Crippen molar-refractivity contribution < 1.29 is 14.3 Å². The number of methoxy groups -OCH3 is 1. The number of esters is 1. The molecule has 0 amide bonds. The second-order valence-corrected chi connectivity index (χ2v) is 6.42. The van der Waals surface area contributed by atoms with Gasteiger partial charge in [-0.1, -0.05) is 45.8 Å². The van der Waals surface area contributed by atoms with Crippen molar-refractivity contribution in [3.63, 3.8) is 0 Å². The quantitative estimate of drug-likeness (QED) is 0.550. The molecular formula is C20H16BrNO3. The summed E-state index contributed by atoms with van der Waals surface area (Å²) in [5.74, 6) is 0.443. The minimum absolute atomic E-state index is 0.236. The van der Waals surface area contributed by atoms with Crippen LogP contribution in [0.3, 0.4) is 0 Å². The maximum Gasteiger partial charge on any atom is 0.363 e. The van der Waals surface area contributed by atoms with Crippen LogP contribution in [0.15, 0.2) is 63.7 Å². The molecule has 0 N–H and O–H groups in total. The number of carbonyl (C=O) groups excluding carboxylic acids is 1. The number of carbonyl (C=O) groups is 1. The second kappa shape index (κ2) is 7.49. The van der Waals surface area contributed by atoms with E-state index in [0.29, 0.717) is 5.75 Å². The monoisotopic (exact) mass is 397 g/mol. The van der Waals surface area contributed by atoms with E-state index in [4.69, 9.17) is 9.47 Å². The fourth-order valence-electron chi connectivity index (χ4n) is 2.31. The van der Waals surface area contributed by atoms with Gasteiger partial charge < -0.3 is 9.47 Å². The topological polar surface area (TPSA) is 47.9 Å². The molecular weight excluding hydrogens is 382 g/mol. The molecule has 3 rings (SSSR count). The third kappa shape index (κ3) is 4.25. The van der Waals surface area contributed by atoms with E-state index in [1.807, 2.05) is 55.5 Å². The predicted molar refractivity (Wildman–Crippen MR) is 102 cm³/mol. The van der Waals surface area contributed by atoms with E-state index in [-0.39, 0.29) is 11.6 Å². The average molecular weight is 398 g/mol. The first-order chi connectivity index (χ1) is 12.0. The molecule has 0 unspecified atom stereocenters. The Morgan fingerprint density at radius 3 is 2.60 bits per heavy atom. The number of hydrogen-bond donors (Lipinski definition) is 0. The predicted octanol–water partition coefficient (Wildman–Crippen LogP) is 4.78. The summed E-state index contributed by atoms with van der Waals surface area (Å²) < 4.78 is 11.4. The van der Waals surface area contributed by atoms with Crippen molar-refractivity contribution in [1.82, 2.24) is 0 Å². The molecule has 0 bridgehead atoms. The van der Waals surface area contributed by atoms with E-state index in [9.17, 15) is 4.79 Å². The molecule has 5 heteroatoms. The highest BCUT2D eigenvalue weighted by Crippen LogP contribution is 2.27. The number of aryl methyl sites for hydroxylation is 1. The molecule has 1 aliphatic heterocycles. The van der Waals surface area contributed by atoms with Crippen molar-refractivity contribution in [2.24, 2.45) is 4.99 Å². The van der Waals surface area contributed by atoms with Crippen LogP contribution in [0.2, 0.25) is 0 Å². The second-order valence-electron chi connectivity index (χ2n) is 5.50. The molecule has 25 heavy (non-hydrogen) atoms. The number of nitrogens with zero attached hydrogens (tertiary/aromatic N) is 1. The molecule has 4 nitrogen and oxygen atoms in total. The number of rotatable bonds is 4. The average Bonchev–Trinajstić information content (AvgIpc) is 2.94. The van der Waals surface area contributed by atoms with Gasteiger partial charge in [-0.15, -0.1) is 0 Å². The van der Waals surface area contributed by atoms with Crippen molar-refractivity contribution in [3.8, 4) is 5.75 Å². The zero-order valence-corrected chi connectivity index (χ0v) is 15.4. The lowest BCUT2D eigenvalue weighted by Gasteiger charge is -2.04. The SMILES string of the molecule is COc1ccc(Br)cc1/C=C1N=C(/C=C/c2ccc(C)cc2)OC/1=O. The minimum Gasteiger partial charge on any atom is -0.496 e. The van der Waals surface area contributed by atoms with Gasteiger partial charge in [0.2, 0.25) is 5.90 Å². The van der Waals surface area contributed by atoms with Crippen LogP contribution in [-0.4, -0.2) is 19.0 Å².